The summed E-state index contributed by atoms with van der Waals surface area (Å²) in [6.07, 6.45) is 6.36. The molecule has 0 bridgehead atoms. The van der Waals surface area contributed by atoms with Crippen LogP contribution in [-0.2, 0) is 32.1 Å². The quantitative estimate of drug-likeness (QED) is 0.261. The van der Waals surface area contributed by atoms with Gasteiger partial charge in [0.2, 0.25) is 5.88 Å². The van der Waals surface area contributed by atoms with Gasteiger partial charge in [-0.15, -0.1) is 0 Å². The van der Waals surface area contributed by atoms with Crippen molar-refractivity contribution in [2.24, 2.45) is 5.92 Å². The van der Waals surface area contributed by atoms with E-state index in [-0.39, 0.29) is 12.1 Å². The van der Waals surface area contributed by atoms with E-state index in [1.54, 1.807) is 0 Å². The maximum absolute atomic E-state index is 13.7. The molecule has 1 fully saturated rings. The number of rotatable bonds is 9. The van der Waals surface area contributed by atoms with E-state index in [0.717, 1.165) is 50.0 Å². The highest BCUT2D eigenvalue weighted by atomic mass is 19.4. The maximum atomic E-state index is 13.7. The molecule has 0 atom stereocenters. The zero-order chi connectivity index (χ0) is 29.0. The Labute approximate surface area is 240 Å². The molecule has 5 nitrogen and oxygen atoms in total. The van der Waals surface area contributed by atoms with Gasteiger partial charge >= 0.3 is 6.18 Å². The Morgan fingerprint density at radius 3 is 2.29 bits per heavy atom. The van der Waals surface area contributed by atoms with Crippen molar-refractivity contribution in [3.8, 4) is 6.07 Å². The first-order valence-corrected chi connectivity index (χ1v) is 14.9. The van der Waals surface area contributed by atoms with Gasteiger partial charge in [0.15, 0.2) is 0 Å². The van der Waals surface area contributed by atoms with Gasteiger partial charge in [-0.25, -0.2) is 0 Å². The number of aryl methyl sites for hydroxylation is 3. The van der Waals surface area contributed by atoms with Crippen molar-refractivity contribution < 1.29 is 17.7 Å². The fourth-order valence-corrected chi connectivity index (χ4v) is 6.47. The van der Waals surface area contributed by atoms with Crippen LogP contribution >= 0.6 is 0 Å². The van der Waals surface area contributed by atoms with E-state index < -0.39 is 11.7 Å². The summed E-state index contributed by atoms with van der Waals surface area (Å²) in [4.78, 5) is 4.45. The molecule has 1 saturated carbocycles. The fourth-order valence-electron chi connectivity index (χ4n) is 6.47. The summed E-state index contributed by atoms with van der Waals surface area (Å²) in [6, 6.07) is 12.0. The third-order valence-electron chi connectivity index (χ3n) is 8.58. The molecule has 5 rings (SSSR count). The molecule has 0 aliphatic heterocycles. The number of alkyl halides is 3. The average molecular weight is 565 g/mol. The van der Waals surface area contributed by atoms with E-state index in [1.165, 1.54) is 61.4 Å². The SMILES string of the molecule is CCN(CC1CCCCC1)c1cc2c(cc1CN(Cc1cc(C#N)cc(C(F)(F)F)c1)c1cc(C)no1)CCCC2. The first-order valence-electron chi connectivity index (χ1n) is 14.9. The summed E-state index contributed by atoms with van der Waals surface area (Å²) in [5, 5.41) is 13.5. The van der Waals surface area contributed by atoms with E-state index >= 15 is 0 Å². The highest BCUT2D eigenvalue weighted by Crippen LogP contribution is 2.35. The molecular weight excluding hydrogens is 525 g/mol. The highest BCUT2D eigenvalue weighted by molar-refractivity contribution is 5.60. The average Bonchev–Trinajstić information content (AvgIpc) is 3.41. The summed E-state index contributed by atoms with van der Waals surface area (Å²) < 4.78 is 46.7. The molecule has 0 radical (unpaired) electrons. The van der Waals surface area contributed by atoms with Crippen LogP contribution in [0.15, 0.2) is 40.9 Å². The Morgan fingerprint density at radius 2 is 1.66 bits per heavy atom. The van der Waals surface area contributed by atoms with Gasteiger partial charge in [-0.2, -0.15) is 18.4 Å². The Bertz CT molecular complexity index is 1380. The molecule has 41 heavy (non-hydrogen) atoms. The number of anilines is 2. The second-order valence-electron chi connectivity index (χ2n) is 11.7. The van der Waals surface area contributed by atoms with Crippen molar-refractivity contribution in [2.75, 3.05) is 22.9 Å². The molecule has 2 aliphatic carbocycles. The normalized spacial score (nSPS) is 15.8. The van der Waals surface area contributed by atoms with Crippen molar-refractivity contribution in [1.29, 1.82) is 5.26 Å². The van der Waals surface area contributed by atoms with Crippen molar-refractivity contribution in [3.63, 3.8) is 0 Å². The van der Waals surface area contributed by atoms with Crippen LogP contribution < -0.4 is 9.80 Å². The molecule has 3 aromatic rings. The number of halogens is 3. The lowest BCUT2D eigenvalue weighted by atomic mass is 9.87. The van der Waals surface area contributed by atoms with Crippen LogP contribution in [0.25, 0.3) is 0 Å². The largest absolute Gasteiger partial charge is 0.416 e. The van der Waals surface area contributed by atoms with Crippen LogP contribution in [0.2, 0.25) is 0 Å². The lowest BCUT2D eigenvalue weighted by molar-refractivity contribution is -0.137. The number of fused-ring (bicyclic) bond motifs is 1. The standard InChI is InChI=1S/C33H39F3N4O/c1-3-39(20-24-9-5-4-6-10-24)31-18-28-12-8-7-11-27(28)17-29(31)22-40(32-13-23(2)38-41-32)21-26-14-25(19-37)15-30(16-26)33(34,35)36/h13-18,24H,3-12,20-22H2,1-2H3. The summed E-state index contributed by atoms with van der Waals surface area (Å²) in [7, 11) is 0. The molecule has 0 unspecified atom stereocenters. The van der Waals surface area contributed by atoms with E-state index in [9.17, 15) is 18.4 Å². The number of hydrogen-bond acceptors (Lipinski definition) is 5. The van der Waals surface area contributed by atoms with E-state index in [2.05, 4.69) is 29.1 Å². The molecule has 1 heterocycles. The molecule has 0 N–H and O–H groups in total. The van der Waals surface area contributed by atoms with Gasteiger partial charge in [0.25, 0.3) is 0 Å². The molecule has 0 amide bonds. The van der Waals surface area contributed by atoms with Gasteiger partial charge in [-0.05, 0) is 105 Å². The third kappa shape index (κ3) is 7.06. The van der Waals surface area contributed by atoms with E-state index in [1.807, 2.05) is 24.0 Å². The van der Waals surface area contributed by atoms with Crippen molar-refractivity contribution in [2.45, 2.75) is 90.9 Å². The predicted octanol–water partition coefficient (Wildman–Crippen LogP) is 8.37. The van der Waals surface area contributed by atoms with E-state index in [0.29, 0.717) is 29.6 Å². The summed E-state index contributed by atoms with van der Waals surface area (Å²) >= 11 is 0. The highest BCUT2D eigenvalue weighted by Gasteiger charge is 2.32. The van der Waals surface area contributed by atoms with Gasteiger partial charge in [0.1, 0.15) is 0 Å². The minimum Gasteiger partial charge on any atom is -0.371 e. The predicted molar refractivity (Wildman–Crippen MR) is 155 cm³/mol. The van der Waals surface area contributed by atoms with Crippen LogP contribution in [0.3, 0.4) is 0 Å². The third-order valence-corrected chi connectivity index (χ3v) is 8.58. The molecular formula is C33H39F3N4O. The van der Waals surface area contributed by atoms with Gasteiger partial charge in [0, 0.05) is 37.9 Å². The van der Waals surface area contributed by atoms with Crippen molar-refractivity contribution >= 4 is 11.6 Å². The zero-order valence-electron chi connectivity index (χ0n) is 24.1. The number of aromatic nitrogens is 1. The zero-order valence-corrected chi connectivity index (χ0v) is 24.1. The van der Waals surface area contributed by atoms with Crippen LogP contribution in [-0.4, -0.2) is 18.2 Å². The van der Waals surface area contributed by atoms with Crippen LogP contribution in [0.4, 0.5) is 24.7 Å². The minimum atomic E-state index is -4.54. The van der Waals surface area contributed by atoms with Crippen LogP contribution in [0, 0.1) is 24.2 Å². The molecule has 2 aliphatic rings. The first-order chi connectivity index (χ1) is 19.7. The molecule has 1 aromatic heterocycles. The summed E-state index contributed by atoms with van der Waals surface area (Å²) in [5.41, 5.74) is 5.40. The molecule has 8 heteroatoms. The second-order valence-corrected chi connectivity index (χ2v) is 11.7. The van der Waals surface area contributed by atoms with Gasteiger partial charge < -0.3 is 14.3 Å². The topological polar surface area (TPSA) is 56.3 Å². The number of benzene rings is 2. The second kappa shape index (κ2) is 12.6. The molecule has 2 aromatic carbocycles. The lowest BCUT2D eigenvalue weighted by Gasteiger charge is -2.34. The van der Waals surface area contributed by atoms with Crippen molar-refractivity contribution in [3.05, 3.63) is 75.5 Å². The molecule has 218 valence electrons. The monoisotopic (exact) mass is 564 g/mol. The summed E-state index contributed by atoms with van der Waals surface area (Å²) in [5.74, 6) is 1.17. The smallest absolute Gasteiger partial charge is 0.371 e. The Kier molecular flexibility index (Phi) is 8.91. The Morgan fingerprint density at radius 1 is 0.927 bits per heavy atom. The Balaban J connectivity index is 1.53. The number of nitrogens with zero attached hydrogens (tertiary/aromatic N) is 4. The number of nitriles is 1. The molecule has 0 saturated heterocycles. The van der Waals surface area contributed by atoms with Crippen LogP contribution in [0.1, 0.15) is 90.9 Å². The van der Waals surface area contributed by atoms with Crippen LogP contribution in [0.5, 0.6) is 0 Å². The maximum Gasteiger partial charge on any atom is 0.416 e. The number of hydrogen-bond donors (Lipinski definition) is 0. The fraction of sp³-hybridized carbons (Fsp3) is 0.515. The first kappa shape index (κ1) is 29.0. The Hall–Kier alpha value is -3.47. The molecule has 0 spiro atoms. The minimum absolute atomic E-state index is 0.0114. The van der Waals surface area contributed by atoms with Gasteiger partial charge in [-0.3, -0.25) is 0 Å². The summed E-state index contributed by atoms with van der Waals surface area (Å²) in [6.45, 7) is 6.55. The van der Waals surface area contributed by atoms with E-state index in [4.69, 9.17) is 4.52 Å². The lowest BCUT2D eigenvalue weighted by Crippen LogP contribution is -2.32. The van der Waals surface area contributed by atoms with Gasteiger partial charge in [-0.1, -0.05) is 30.5 Å². The van der Waals surface area contributed by atoms with Gasteiger partial charge in [0.05, 0.1) is 22.9 Å². The van der Waals surface area contributed by atoms with Crippen molar-refractivity contribution in [1.82, 2.24) is 5.16 Å².